The Morgan fingerprint density at radius 3 is 2.62 bits per heavy atom. The van der Waals surface area contributed by atoms with Gasteiger partial charge in [-0.2, -0.15) is 0 Å². The molecule has 0 spiro atoms. The summed E-state index contributed by atoms with van der Waals surface area (Å²) in [6, 6.07) is 8.38. The van der Waals surface area contributed by atoms with Crippen LogP contribution in [0.2, 0.25) is 0 Å². The molecule has 16 heavy (non-hydrogen) atoms. The fourth-order valence-electron chi connectivity index (χ4n) is 2.03. The molecule has 0 unspecified atom stereocenters. The lowest BCUT2D eigenvalue weighted by Crippen LogP contribution is -2.16. The zero-order valence-corrected chi connectivity index (χ0v) is 9.86. The van der Waals surface area contributed by atoms with Crippen LogP contribution in [-0.2, 0) is 11.3 Å². The molecule has 2 rings (SSSR count). The minimum Gasteiger partial charge on any atom is -0.373 e. The first-order valence-electron chi connectivity index (χ1n) is 5.66. The van der Waals surface area contributed by atoms with E-state index in [1.165, 1.54) is 11.1 Å². The Morgan fingerprint density at radius 1 is 1.25 bits per heavy atom. The summed E-state index contributed by atoms with van der Waals surface area (Å²) in [7, 11) is 2.05. The van der Waals surface area contributed by atoms with E-state index in [-0.39, 0.29) is 5.78 Å². The van der Waals surface area contributed by atoms with Crippen LogP contribution in [0.15, 0.2) is 36.0 Å². The minimum absolute atomic E-state index is 0.256. The molecule has 1 aromatic carbocycles. The van der Waals surface area contributed by atoms with Gasteiger partial charge in [0, 0.05) is 31.8 Å². The van der Waals surface area contributed by atoms with Gasteiger partial charge in [0.1, 0.15) is 0 Å². The molecule has 1 aliphatic rings. The van der Waals surface area contributed by atoms with Crippen LogP contribution >= 0.6 is 0 Å². The average molecular weight is 215 g/mol. The Hall–Kier alpha value is -1.57. The molecule has 0 aliphatic heterocycles. The Kier molecular flexibility index (Phi) is 3.09. The zero-order chi connectivity index (χ0) is 11.5. The van der Waals surface area contributed by atoms with Gasteiger partial charge in [-0.05, 0) is 24.5 Å². The summed E-state index contributed by atoms with van der Waals surface area (Å²) in [6.45, 7) is 3.00. The monoisotopic (exact) mass is 215 g/mol. The summed E-state index contributed by atoms with van der Waals surface area (Å²) in [6.07, 6.45) is 3.34. The van der Waals surface area contributed by atoms with E-state index in [0.29, 0.717) is 6.42 Å². The van der Waals surface area contributed by atoms with Gasteiger partial charge in [-0.15, -0.1) is 0 Å². The van der Waals surface area contributed by atoms with Crippen LogP contribution in [-0.4, -0.2) is 17.7 Å². The highest BCUT2D eigenvalue weighted by molar-refractivity contribution is 5.92. The van der Waals surface area contributed by atoms with Crippen molar-refractivity contribution in [1.29, 1.82) is 0 Å². The van der Waals surface area contributed by atoms with Crippen molar-refractivity contribution in [3.63, 3.8) is 0 Å². The van der Waals surface area contributed by atoms with Gasteiger partial charge in [-0.3, -0.25) is 4.79 Å². The number of carbonyl (C=O) groups is 1. The van der Waals surface area contributed by atoms with E-state index in [0.717, 1.165) is 18.7 Å². The standard InChI is InChI=1S/C14H17NO/c1-11-5-3-4-6-12(11)10-15(2)13-7-8-14(16)9-13/h3-6,9H,7-8,10H2,1-2H3. The molecule has 0 saturated carbocycles. The van der Waals surface area contributed by atoms with Gasteiger partial charge in [-0.25, -0.2) is 0 Å². The summed E-state index contributed by atoms with van der Waals surface area (Å²) in [4.78, 5) is 13.3. The lowest BCUT2D eigenvalue weighted by molar-refractivity contribution is -0.114. The number of hydrogen-bond donors (Lipinski definition) is 0. The van der Waals surface area contributed by atoms with Crippen molar-refractivity contribution in [3.05, 3.63) is 47.2 Å². The molecule has 1 aliphatic carbocycles. The number of ketones is 1. The van der Waals surface area contributed by atoms with E-state index in [1.54, 1.807) is 6.08 Å². The van der Waals surface area contributed by atoms with Crippen molar-refractivity contribution in [2.45, 2.75) is 26.3 Å². The van der Waals surface area contributed by atoms with Gasteiger partial charge >= 0.3 is 0 Å². The van der Waals surface area contributed by atoms with Gasteiger partial charge in [0.15, 0.2) is 5.78 Å². The van der Waals surface area contributed by atoms with Crippen LogP contribution in [0.3, 0.4) is 0 Å². The first kappa shape index (κ1) is 10.9. The third-order valence-electron chi connectivity index (χ3n) is 3.11. The van der Waals surface area contributed by atoms with Crippen LogP contribution in [0, 0.1) is 6.92 Å². The van der Waals surface area contributed by atoms with Crippen molar-refractivity contribution >= 4 is 5.78 Å². The lowest BCUT2D eigenvalue weighted by atomic mass is 10.1. The molecule has 84 valence electrons. The molecule has 0 heterocycles. The third-order valence-corrected chi connectivity index (χ3v) is 3.11. The molecule has 0 saturated heterocycles. The summed E-state index contributed by atoms with van der Waals surface area (Å²) in [5, 5.41) is 0. The Bertz CT molecular complexity index is 434. The molecule has 0 fully saturated rings. The number of carbonyl (C=O) groups excluding carboxylic acids is 1. The van der Waals surface area contributed by atoms with Gasteiger partial charge in [0.25, 0.3) is 0 Å². The van der Waals surface area contributed by atoms with Crippen LogP contribution in [0.1, 0.15) is 24.0 Å². The van der Waals surface area contributed by atoms with Gasteiger partial charge < -0.3 is 4.90 Å². The number of aryl methyl sites for hydroxylation is 1. The van der Waals surface area contributed by atoms with Crippen molar-refractivity contribution in [1.82, 2.24) is 4.90 Å². The number of rotatable bonds is 3. The maximum Gasteiger partial charge on any atom is 0.157 e. The first-order valence-corrected chi connectivity index (χ1v) is 5.66. The van der Waals surface area contributed by atoms with E-state index in [4.69, 9.17) is 0 Å². The molecular formula is C14H17NO. The molecule has 0 bridgehead atoms. The van der Waals surface area contributed by atoms with Gasteiger partial charge in [0.05, 0.1) is 0 Å². The maximum atomic E-state index is 11.2. The lowest BCUT2D eigenvalue weighted by Gasteiger charge is -2.21. The molecule has 0 amide bonds. The number of hydrogen-bond acceptors (Lipinski definition) is 2. The summed E-state index contributed by atoms with van der Waals surface area (Å²) in [5.74, 6) is 0.256. The Balaban J connectivity index is 2.08. The Labute approximate surface area is 96.6 Å². The van der Waals surface area contributed by atoms with Crippen LogP contribution < -0.4 is 0 Å². The van der Waals surface area contributed by atoms with Crippen molar-refractivity contribution < 1.29 is 4.79 Å². The minimum atomic E-state index is 0.256. The van der Waals surface area contributed by atoms with Crippen molar-refractivity contribution in [2.24, 2.45) is 0 Å². The quantitative estimate of drug-likeness (QED) is 0.772. The van der Waals surface area contributed by atoms with Crippen LogP contribution in [0.4, 0.5) is 0 Å². The second-order valence-electron chi connectivity index (χ2n) is 4.38. The van der Waals surface area contributed by atoms with Crippen molar-refractivity contribution in [2.75, 3.05) is 7.05 Å². The van der Waals surface area contributed by atoms with E-state index >= 15 is 0 Å². The molecule has 2 nitrogen and oxygen atoms in total. The van der Waals surface area contributed by atoms with Crippen LogP contribution in [0.25, 0.3) is 0 Å². The number of nitrogens with zero attached hydrogens (tertiary/aromatic N) is 1. The predicted octanol–water partition coefficient (Wildman–Crippen LogP) is 2.67. The van der Waals surface area contributed by atoms with E-state index in [1.807, 2.05) is 0 Å². The molecule has 2 heteroatoms. The van der Waals surface area contributed by atoms with E-state index in [2.05, 4.69) is 43.1 Å². The van der Waals surface area contributed by atoms with Crippen molar-refractivity contribution in [3.8, 4) is 0 Å². The maximum absolute atomic E-state index is 11.2. The number of allylic oxidation sites excluding steroid dienone is 2. The molecule has 1 aromatic rings. The fraction of sp³-hybridized carbons (Fsp3) is 0.357. The summed E-state index contributed by atoms with van der Waals surface area (Å²) in [5.41, 5.74) is 3.79. The predicted molar refractivity (Wildman–Crippen MR) is 65.0 cm³/mol. The second kappa shape index (κ2) is 4.52. The van der Waals surface area contributed by atoms with Crippen LogP contribution in [0.5, 0.6) is 0 Å². The highest BCUT2D eigenvalue weighted by Gasteiger charge is 2.15. The number of benzene rings is 1. The highest BCUT2D eigenvalue weighted by Crippen LogP contribution is 2.20. The van der Waals surface area contributed by atoms with E-state index < -0.39 is 0 Å². The largest absolute Gasteiger partial charge is 0.373 e. The van der Waals surface area contributed by atoms with Gasteiger partial charge in [0.2, 0.25) is 0 Å². The smallest absolute Gasteiger partial charge is 0.157 e. The molecule has 0 radical (unpaired) electrons. The highest BCUT2D eigenvalue weighted by atomic mass is 16.1. The molecule has 0 aromatic heterocycles. The SMILES string of the molecule is Cc1ccccc1CN(C)C1=CC(=O)CC1. The van der Waals surface area contributed by atoms with Gasteiger partial charge in [-0.1, -0.05) is 24.3 Å². The first-order chi connectivity index (χ1) is 7.66. The normalized spacial score (nSPS) is 15.1. The third kappa shape index (κ3) is 2.32. The van der Waals surface area contributed by atoms with E-state index in [9.17, 15) is 4.79 Å². The summed E-state index contributed by atoms with van der Waals surface area (Å²) < 4.78 is 0. The molecule has 0 atom stereocenters. The second-order valence-corrected chi connectivity index (χ2v) is 4.38. The summed E-state index contributed by atoms with van der Waals surface area (Å²) >= 11 is 0. The zero-order valence-electron chi connectivity index (χ0n) is 9.86. The molecule has 0 N–H and O–H groups in total. The molecular weight excluding hydrogens is 198 g/mol. The topological polar surface area (TPSA) is 20.3 Å². The average Bonchev–Trinajstić information content (AvgIpc) is 2.68. The fourth-order valence-corrected chi connectivity index (χ4v) is 2.03. The Morgan fingerprint density at radius 2 is 2.00 bits per heavy atom.